The van der Waals surface area contributed by atoms with E-state index in [9.17, 15) is 9.59 Å². The fourth-order valence-corrected chi connectivity index (χ4v) is 4.85. The summed E-state index contributed by atoms with van der Waals surface area (Å²) in [5.74, 6) is 0.445. The average molecular weight is 553 g/mol. The molecule has 1 aliphatic rings. The second kappa shape index (κ2) is 9.88. The SMILES string of the molecule is CCCCCOc1ccc(C2c3c(oc4ccc(Cl)cc4c3=O)C(=O)N2c2ccc(Br)cc2)cc1. The number of halogens is 2. The van der Waals surface area contributed by atoms with Gasteiger partial charge in [-0.1, -0.05) is 59.4 Å². The smallest absolute Gasteiger partial charge is 0.295 e. The van der Waals surface area contributed by atoms with Crippen LogP contribution in [0.2, 0.25) is 5.02 Å². The summed E-state index contributed by atoms with van der Waals surface area (Å²) in [5.41, 5.74) is 1.83. The van der Waals surface area contributed by atoms with Crippen molar-refractivity contribution in [2.75, 3.05) is 11.5 Å². The molecule has 3 aromatic carbocycles. The number of anilines is 1. The molecule has 0 N–H and O–H groups in total. The normalized spacial score (nSPS) is 15.0. The first kappa shape index (κ1) is 23.6. The van der Waals surface area contributed by atoms with E-state index in [0.717, 1.165) is 35.0 Å². The molecule has 0 spiro atoms. The summed E-state index contributed by atoms with van der Waals surface area (Å²) in [5, 5.41) is 0.780. The number of fused-ring (bicyclic) bond motifs is 2. The number of hydrogen-bond acceptors (Lipinski definition) is 4. The van der Waals surface area contributed by atoms with E-state index in [1.807, 2.05) is 48.5 Å². The molecule has 1 aromatic heterocycles. The highest BCUT2D eigenvalue weighted by molar-refractivity contribution is 9.10. The van der Waals surface area contributed by atoms with Crippen molar-refractivity contribution < 1.29 is 13.9 Å². The van der Waals surface area contributed by atoms with Gasteiger partial charge in [-0.15, -0.1) is 0 Å². The van der Waals surface area contributed by atoms with Crippen LogP contribution in [-0.4, -0.2) is 12.5 Å². The molecule has 5 nitrogen and oxygen atoms in total. The standard InChI is InChI=1S/C28H23BrClNO4/c1-2-3-4-15-34-21-12-5-17(6-13-21)25-24-26(32)22-16-19(30)9-14-23(22)35-27(24)28(33)31(25)20-10-7-18(29)8-11-20/h5-14,16,25H,2-4,15H2,1H3. The zero-order valence-corrected chi connectivity index (χ0v) is 21.4. The van der Waals surface area contributed by atoms with Gasteiger partial charge in [-0.05, 0) is 66.6 Å². The summed E-state index contributed by atoms with van der Waals surface area (Å²) >= 11 is 9.61. The van der Waals surface area contributed by atoms with Crippen LogP contribution in [0.15, 0.2) is 80.4 Å². The molecule has 0 saturated heterocycles. The Balaban J connectivity index is 1.62. The van der Waals surface area contributed by atoms with E-state index >= 15 is 0 Å². The van der Waals surface area contributed by atoms with Crippen molar-refractivity contribution in [3.63, 3.8) is 0 Å². The van der Waals surface area contributed by atoms with Crippen LogP contribution in [0.1, 0.15) is 53.9 Å². The van der Waals surface area contributed by atoms with E-state index in [1.165, 1.54) is 0 Å². The Bertz CT molecular complexity index is 1450. The van der Waals surface area contributed by atoms with Crippen LogP contribution in [0.25, 0.3) is 11.0 Å². The lowest BCUT2D eigenvalue weighted by atomic mass is 9.98. The molecule has 1 amide bonds. The molecule has 2 heterocycles. The summed E-state index contributed by atoms with van der Waals surface area (Å²) in [6.07, 6.45) is 3.25. The maximum atomic E-state index is 13.7. The van der Waals surface area contributed by atoms with E-state index in [4.69, 9.17) is 20.8 Å². The van der Waals surface area contributed by atoms with Gasteiger partial charge in [0.1, 0.15) is 11.3 Å². The third kappa shape index (κ3) is 4.48. The van der Waals surface area contributed by atoms with Crippen molar-refractivity contribution in [1.29, 1.82) is 0 Å². The Hall–Kier alpha value is -3.09. The van der Waals surface area contributed by atoms with Crippen molar-refractivity contribution in [1.82, 2.24) is 0 Å². The van der Waals surface area contributed by atoms with Gasteiger partial charge in [-0.3, -0.25) is 14.5 Å². The minimum atomic E-state index is -0.646. The molecule has 0 fully saturated rings. The lowest BCUT2D eigenvalue weighted by molar-refractivity contribution is 0.0971. The Morgan fingerprint density at radius 3 is 2.46 bits per heavy atom. The summed E-state index contributed by atoms with van der Waals surface area (Å²) in [7, 11) is 0. The topological polar surface area (TPSA) is 59.8 Å². The number of carbonyl (C=O) groups is 1. The monoisotopic (exact) mass is 551 g/mol. The Labute approximate surface area is 216 Å². The van der Waals surface area contributed by atoms with Gasteiger partial charge in [-0.2, -0.15) is 0 Å². The largest absolute Gasteiger partial charge is 0.494 e. The number of carbonyl (C=O) groups excluding carboxylic acids is 1. The van der Waals surface area contributed by atoms with Gasteiger partial charge in [0.15, 0.2) is 5.43 Å². The van der Waals surface area contributed by atoms with E-state index < -0.39 is 6.04 Å². The third-order valence-electron chi connectivity index (χ3n) is 6.15. The second-order valence-electron chi connectivity index (χ2n) is 8.49. The van der Waals surface area contributed by atoms with E-state index in [0.29, 0.717) is 33.8 Å². The number of nitrogens with zero attached hydrogens (tertiary/aromatic N) is 1. The van der Waals surface area contributed by atoms with Crippen molar-refractivity contribution in [2.45, 2.75) is 32.2 Å². The van der Waals surface area contributed by atoms with Crippen LogP contribution in [0.4, 0.5) is 5.69 Å². The summed E-state index contributed by atoms with van der Waals surface area (Å²) < 4.78 is 12.7. The maximum absolute atomic E-state index is 13.7. The number of benzene rings is 3. The molecule has 1 atom stereocenters. The van der Waals surface area contributed by atoms with Gasteiger partial charge in [-0.25, -0.2) is 0 Å². The van der Waals surface area contributed by atoms with Gasteiger partial charge >= 0.3 is 0 Å². The van der Waals surface area contributed by atoms with Gasteiger partial charge < -0.3 is 9.15 Å². The van der Waals surface area contributed by atoms with Crippen LogP contribution in [0.5, 0.6) is 5.75 Å². The molecule has 4 aromatic rings. The Morgan fingerprint density at radius 2 is 1.74 bits per heavy atom. The van der Waals surface area contributed by atoms with Crippen LogP contribution in [-0.2, 0) is 0 Å². The molecule has 1 aliphatic heterocycles. The van der Waals surface area contributed by atoms with Gasteiger partial charge in [0.2, 0.25) is 5.76 Å². The zero-order chi connectivity index (χ0) is 24.5. The van der Waals surface area contributed by atoms with E-state index in [2.05, 4.69) is 22.9 Å². The number of ether oxygens (including phenoxy) is 1. The quantitative estimate of drug-likeness (QED) is 0.222. The third-order valence-corrected chi connectivity index (χ3v) is 6.91. The molecular formula is C28H23BrClNO4. The summed E-state index contributed by atoms with van der Waals surface area (Å²) in [4.78, 5) is 28.9. The van der Waals surface area contributed by atoms with Crippen molar-refractivity contribution in [3.8, 4) is 5.75 Å². The summed E-state index contributed by atoms with van der Waals surface area (Å²) in [6.45, 7) is 2.81. The molecule has 0 saturated carbocycles. The minimum absolute atomic E-state index is 0.0534. The van der Waals surface area contributed by atoms with Crippen molar-refractivity contribution in [2.24, 2.45) is 0 Å². The fraction of sp³-hybridized carbons (Fsp3) is 0.214. The highest BCUT2D eigenvalue weighted by Gasteiger charge is 2.43. The van der Waals surface area contributed by atoms with Crippen LogP contribution in [0, 0.1) is 0 Å². The number of amides is 1. The van der Waals surface area contributed by atoms with E-state index in [1.54, 1.807) is 23.1 Å². The molecule has 7 heteroatoms. The lowest BCUT2D eigenvalue weighted by Crippen LogP contribution is -2.29. The first-order chi connectivity index (χ1) is 17.0. The first-order valence-electron chi connectivity index (χ1n) is 11.6. The molecule has 1 unspecified atom stereocenters. The van der Waals surface area contributed by atoms with Crippen molar-refractivity contribution in [3.05, 3.63) is 103 Å². The lowest BCUT2D eigenvalue weighted by Gasteiger charge is -2.25. The number of unbranched alkanes of at least 4 members (excludes halogenated alkanes) is 2. The maximum Gasteiger partial charge on any atom is 0.295 e. The van der Waals surface area contributed by atoms with Crippen molar-refractivity contribution >= 4 is 50.1 Å². The van der Waals surface area contributed by atoms with Crippen LogP contribution >= 0.6 is 27.5 Å². The molecule has 178 valence electrons. The Kier molecular flexibility index (Phi) is 6.67. The average Bonchev–Trinajstić information content (AvgIpc) is 3.16. The highest BCUT2D eigenvalue weighted by atomic mass is 79.9. The molecular weight excluding hydrogens is 530 g/mol. The highest BCUT2D eigenvalue weighted by Crippen LogP contribution is 2.42. The molecule has 0 aliphatic carbocycles. The second-order valence-corrected chi connectivity index (χ2v) is 9.85. The van der Waals surface area contributed by atoms with Gasteiger partial charge in [0, 0.05) is 15.2 Å². The molecule has 35 heavy (non-hydrogen) atoms. The fourth-order valence-electron chi connectivity index (χ4n) is 4.42. The summed E-state index contributed by atoms with van der Waals surface area (Å²) in [6, 6.07) is 19.2. The van der Waals surface area contributed by atoms with Crippen LogP contribution < -0.4 is 15.1 Å². The number of rotatable bonds is 7. The number of hydrogen-bond donors (Lipinski definition) is 0. The van der Waals surface area contributed by atoms with Gasteiger partial charge in [0.05, 0.1) is 23.6 Å². The first-order valence-corrected chi connectivity index (χ1v) is 12.7. The van der Waals surface area contributed by atoms with Crippen LogP contribution in [0.3, 0.4) is 0 Å². The predicted molar refractivity (Wildman–Crippen MR) is 142 cm³/mol. The predicted octanol–water partition coefficient (Wildman–Crippen LogP) is 7.53. The van der Waals surface area contributed by atoms with Gasteiger partial charge in [0.25, 0.3) is 5.91 Å². The van der Waals surface area contributed by atoms with E-state index in [-0.39, 0.29) is 17.1 Å². The zero-order valence-electron chi connectivity index (χ0n) is 19.1. The Morgan fingerprint density at radius 1 is 1.00 bits per heavy atom. The minimum Gasteiger partial charge on any atom is -0.494 e. The molecule has 0 bridgehead atoms. The molecule has 5 rings (SSSR count). The molecule has 0 radical (unpaired) electrons.